The van der Waals surface area contributed by atoms with E-state index < -0.39 is 27.9 Å². The Kier molecular flexibility index (Phi) is 6.40. The Labute approximate surface area is 175 Å². The predicted molar refractivity (Wildman–Crippen MR) is 107 cm³/mol. The topological polar surface area (TPSA) is 85.4 Å². The normalized spacial score (nSPS) is 12.0. The van der Waals surface area contributed by atoms with Crippen molar-refractivity contribution in [2.75, 3.05) is 5.32 Å². The monoisotopic (exact) mass is 448 g/mol. The average molecular weight is 448 g/mol. The van der Waals surface area contributed by atoms with Crippen LogP contribution >= 0.6 is 0 Å². The summed E-state index contributed by atoms with van der Waals surface area (Å²) in [5.41, 5.74) is 1.11. The summed E-state index contributed by atoms with van der Waals surface area (Å²) in [6, 6.07) is 12.8. The fourth-order valence-electron chi connectivity index (χ4n) is 2.50. The number of carbonyl (C=O) groups excluding carboxylic acids is 1. The number of ether oxygens (including phenoxy) is 1. The Balaban J connectivity index is 1.68. The zero-order chi connectivity index (χ0) is 22.5. The van der Waals surface area contributed by atoms with E-state index in [2.05, 4.69) is 15.0 Å². The first kappa shape index (κ1) is 22.0. The fraction of sp³-hybridized carbons (Fsp3) is 0.0476. The summed E-state index contributed by atoms with van der Waals surface area (Å²) in [7, 11) is -3.96. The molecule has 1 N–H and O–H groups in total. The van der Waals surface area contributed by atoms with E-state index in [-0.39, 0.29) is 9.79 Å². The first-order valence-corrected chi connectivity index (χ1v) is 10.2. The molecular weight excluding hydrogens is 433 g/mol. The van der Waals surface area contributed by atoms with Crippen LogP contribution in [0.3, 0.4) is 0 Å². The summed E-state index contributed by atoms with van der Waals surface area (Å²) in [4.78, 5) is 15.6. The largest absolute Gasteiger partial charge is 0.573 e. The van der Waals surface area contributed by atoms with Gasteiger partial charge in [0.1, 0.15) is 5.75 Å². The van der Waals surface area contributed by atoms with Gasteiger partial charge in [0.2, 0.25) is 15.7 Å². The SMILES string of the molecule is O=C(C=Cc1cccnc1)Nc1ccc(S(=O)(=O)c2ccc(OC(F)(F)F)cc2)cc1. The van der Waals surface area contributed by atoms with Crippen LogP contribution in [-0.2, 0) is 14.6 Å². The third-order valence-corrected chi connectivity index (χ3v) is 5.70. The molecule has 0 radical (unpaired) electrons. The molecule has 0 atom stereocenters. The van der Waals surface area contributed by atoms with Crippen molar-refractivity contribution in [1.29, 1.82) is 0 Å². The van der Waals surface area contributed by atoms with Crippen LogP contribution < -0.4 is 10.1 Å². The highest BCUT2D eigenvalue weighted by atomic mass is 32.2. The summed E-state index contributed by atoms with van der Waals surface area (Å²) >= 11 is 0. The molecule has 0 aliphatic heterocycles. The molecule has 10 heteroatoms. The molecule has 0 aliphatic carbocycles. The minimum atomic E-state index is -4.87. The molecule has 1 heterocycles. The maximum absolute atomic E-state index is 12.7. The van der Waals surface area contributed by atoms with Crippen molar-refractivity contribution >= 4 is 27.5 Å². The lowest BCUT2D eigenvalue weighted by atomic mass is 10.2. The van der Waals surface area contributed by atoms with Crippen LogP contribution in [0.2, 0.25) is 0 Å². The van der Waals surface area contributed by atoms with Crippen LogP contribution in [0.1, 0.15) is 5.56 Å². The maximum Gasteiger partial charge on any atom is 0.573 e. The van der Waals surface area contributed by atoms with Gasteiger partial charge in [-0.05, 0) is 66.2 Å². The Hall–Kier alpha value is -3.66. The van der Waals surface area contributed by atoms with Gasteiger partial charge in [0.05, 0.1) is 9.79 Å². The van der Waals surface area contributed by atoms with Crippen LogP contribution in [0.5, 0.6) is 5.75 Å². The predicted octanol–water partition coefficient (Wildman–Crippen LogP) is 4.46. The molecule has 2 aromatic carbocycles. The number of nitrogens with one attached hydrogen (secondary N) is 1. The van der Waals surface area contributed by atoms with E-state index in [1.165, 1.54) is 30.3 Å². The van der Waals surface area contributed by atoms with Crippen LogP contribution in [-0.4, -0.2) is 25.7 Å². The molecule has 0 saturated carbocycles. The standard InChI is InChI=1S/C21H15F3N2O4S/c22-21(23,24)30-17-6-10-19(11-7-17)31(28,29)18-8-4-16(5-9-18)26-20(27)12-3-15-2-1-13-25-14-15/h1-14H,(H,26,27). The van der Waals surface area contributed by atoms with Crippen molar-refractivity contribution < 1.29 is 31.1 Å². The molecular formula is C21H15F3N2O4S. The quantitative estimate of drug-likeness (QED) is 0.563. The molecule has 6 nitrogen and oxygen atoms in total. The number of benzene rings is 2. The number of hydrogen-bond acceptors (Lipinski definition) is 5. The van der Waals surface area contributed by atoms with Crippen molar-refractivity contribution in [3.8, 4) is 5.75 Å². The van der Waals surface area contributed by atoms with Crippen molar-refractivity contribution in [3.05, 3.63) is 84.7 Å². The minimum Gasteiger partial charge on any atom is -0.406 e. The van der Waals surface area contributed by atoms with Gasteiger partial charge in [-0.1, -0.05) is 6.07 Å². The first-order valence-electron chi connectivity index (χ1n) is 8.73. The van der Waals surface area contributed by atoms with Crippen molar-refractivity contribution in [2.45, 2.75) is 16.2 Å². The maximum atomic E-state index is 12.7. The van der Waals surface area contributed by atoms with Crippen molar-refractivity contribution in [2.24, 2.45) is 0 Å². The zero-order valence-electron chi connectivity index (χ0n) is 15.7. The summed E-state index contributed by atoms with van der Waals surface area (Å²) in [6.07, 6.45) is 1.22. The highest BCUT2D eigenvalue weighted by Crippen LogP contribution is 2.27. The van der Waals surface area contributed by atoms with E-state index in [1.807, 2.05) is 0 Å². The summed E-state index contributed by atoms with van der Waals surface area (Å²) < 4.78 is 65.7. The number of rotatable bonds is 6. The van der Waals surface area contributed by atoms with Gasteiger partial charge in [-0.2, -0.15) is 0 Å². The van der Waals surface area contributed by atoms with Gasteiger partial charge >= 0.3 is 6.36 Å². The molecule has 31 heavy (non-hydrogen) atoms. The molecule has 3 aromatic rings. The van der Waals surface area contributed by atoms with Gasteiger partial charge in [-0.3, -0.25) is 9.78 Å². The number of alkyl halides is 3. The van der Waals surface area contributed by atoms with Crippen LogP contribution in [0.15, 0.2) is 88.9 Å². The van der Waals surface area contributed by atoms with Gasteiger partial charge in [-0.25, -0.2) is 8.42 Å². The summed E-state index contributed by atoms with van der Waals surface area (Å²) in [5.74, 6) is -0.941. The number of anilines is 1. The van der Waals surface area contributed by atoms with E-state index >= 15 is 0 Å². The number of sulfone groups is 1. The molecule has 0 aliphatic rings. The number of aromatic nitrogens is 1. The molecule has 0 saturated heterocycles. The van der Waals surface area contributed by atoms with Crippen LogP contribution in [0.4, 0.5) is 18.9 Å². The molecule has 160 valence electrons. The van der Waals surface area contributed by atoms with Gasteiger partial charge in [0.15, 0.2) is 0 Å². The number of halogens is 3. The lowest BCUT2D eigenvalue weighted by molar-refractivity contribution is -0.274. The van der Waals surface area contributed by atoms with E-state index in [9.17, 15) is 26.4 Å². The van der Waals surface area contributed by atoms with Crippen LogP contribution in [0, 0.1) is 0 Å². The smallest absolute Gasteiger partial charge is 0.406 e. The second-order valence-electron chi connectivity index (χ2n) is 6.16. The number of nitrogens with zero attached hydrogens (tertiary/aromatic N) is 1. The number of hydrogen-bond donors (Lipinski definition) is 1. The Morgan fingerprint density at radius 1 is 0.968 bits per heavy atom. The molecule has 0 spiro atoms. The van der Waals surface area contributed by atoms with E-state index in [1.54, 1.807) is 30.6 Å². The second kappa shape index (κ2) is 9.00. The second-order valence-corrected chi connectivity index (χ2v) is 8.11. The van der Waals surface area contributed by atoms with Gasteiger partial charge in [0.25, 0.3) is 0 Å². The summed E-state index contributed by atoms with van der Waals surface area (Å²) in [5, 5.41) is 2.60. The Morgan fingerprint density at radius 2 is 1.58 bits per heavy atom. The average Bonchev–Trinajstić information content (AvgIpc) is 2.73. The number of carbonyl (C=O) groups is 1. The van der Waals surface area contributed by atoms with Crippen molar-refractivity contribution in [1.82, 2.24) is 4.98 Å². The molecule has 3 rings (SSSR count). The zero-order valence-corrected chi connectivity index (χ0v) is 16.5. The third kappa shape index (κ3) is 6.16. The fourth-order valence-corrected chi connectivity index (χ4v) is 3.77. The number of amides is 1. The van der Waals surface area contributed by atoms with Crippen LogP contribution in [0.25, 0.3) is 6.08 Å². The first-order chi connectivity index (χ1) is 14.6. The Morgan fingerprint density at radius 3 is 2.13 bits per heavy atom. The Bertz CT molecular complexity index is 1180. The summed E-state index contributed by atoms with van der Waals surface area (Å²) in [6.45, 7) is 0. The molecule has 0 fully saturated rings. The van der Waals surface area contributed by atoms with Crippen molar-refractivity contribution in [3.63, 3.8) is 0 Å². The van der Waals surface area contributed by atoms with E-state index in [0.717, 1.165) is 29.8 Å². The van der Waals surface area contributed by atoms with Gasteiger partial charge < -0.3 is 10.1 Å². The molecule has 0 unspecified atom stereocenters. The highest BCUT2D eigenvalue weighted by Gasteiger charge is 2.31. The van der Waals surface area contributed by atoms with Gasteiger partial charge in [-0.15, -0.1) is 13.2 Å². The number of pyridine rings is 1. The molecule has 1 amide bonds. The highest BCUT2D eigenvalue weighted by molar-refractivity contribution is 7.91. The van der Waals surface area contributed by atoms with E-state index in [0.29, 0.717) is 5.69 Å². The molecule has 1 aromatic heterocycles. The molecule has 0 bridgehead atoms. The lowest BCUT2D eigenvalue weighted by Crippen LogP contribution is -2.17. The van der Waals surface area contributed by atoms with E-state index in [4.69, 9.17) is 0 Å². The lowest BCUT2D eigenvalue weighted by Gasteiger charge is -2.10. The van der Waals surface area contributed by atoms with Gasteiger partial charge in [0, 0.05) is 24.2 Å². The minimum absolute atomic E-state index is 0.0825. The third-order valence-electron chi connectivity index (χ3n) is 3.91.